The first kappa shape index (κ1) is 15.4. The molecule has 1 heterocycles. The second-order valence-electron chi connectivity index (χ2n) is 4.10. The lowest BCUT2D eigenvalue weighted by atomic mass is 10.3. The molecule has 2 aromatic rings. The number of aromatic nitrogens is 3. The van der Waals surface area contributed by atoms with Crippen molar-refractivity contribution in [2.45, 2.75) is 18.2 Å². The Labute approximate surface area is 128 Å². The van der Waals surface area contributed by atoms with Crippen LogP contribution in [-0.2, 0) is 0 Å². The molecule has 0 bridgehead atoms. The Kier molecular flexibility index (Phi) is 5.62. The zero-order valence-electron chi connectivity index (χ0n) is 12.3. The van der Waals surface area contributed by atoms with Crippen LogP contribution in [0.3, 0.4) is 0 Å². The fraction of sp³-hybridized carbons (Fsp3) is 0.357. The molecule has 2 rings (SSSR count). The molecule has 0 saturated heterocycles. The summed E-state index contributed by atoms with van der Waals surface area (Å²) in [5, 5.41) is 2.86. The van der Waals surface area contributed by atoms with E-state index in [0.29, 0.717) is 18.3 Å². The van der Waals surface area contributed by atoms with Crippen LogP contribution in [0.1, 0.15) is 13.3 Å². The van der Waals surface area contributed by atoms with Gasteiger partial charge in [-0.15, -0.1) is 16.7 Å². The smallest absolute Gasteiger partial charge is 0.330 e. The van der Waals surface area contributed by atoms with Crippen molar-refractivity contribution in [3.05, 3.63) is 24.3 Å². The molecule has 112 valence electrons. The Morgan fingerprint density at radius 3 is 2.43 bits per heavy atom. The van der Waals surface area contributed by atoms with Gasteiger partial charge in [-0.1, -0.05) is 6.92 Å². The highest BCUT2D eigenvalue weighted by Gasteiger charge is 2.08. The molecule has 6 nitrogen and oxygen atoms in total. The van der Waals surface area contributed by atoms with E-state index in [1.54, 1.807) is 18.8 Å². The molecule has 0 aliphatic carbocycles. The van der Waals surface area contributed by atoms with Gasteiger partial charge in [-0.05, 0) is 36.9 Å². The Hall–Kier alpha value is -2.02. The number of hydrogen-bond donors (Lipinski definition) is 1. The van der Waals surface area contributed by atoms with Gasteiger partial charge < -0.3 is 14.8 Å². The topological polar surface area (TPSA) is 69.2 Å². The summed E-state index contributed by atoms with van der Waals surface area (Å²) in [5.74, 6) is 1.08. The third kappa shape index (κ3) is 4.49. The minimum Gasteiger partial charge on any atom is -0.463 e. The summed E-state index contributed by atoms with van der Waals surface area (Å²) in [7, 11) is 1.73. The number of anilines is 1. The van der Waals surface area contributed by atoms with Crippen LogP contribution >= 0.6 is 11.8 Å². The monoisotopic (exact) mass is 306 g/mol. The number of nitrogens with zero attached hydrogens (tertiary/aromatic N) is 3. The number of thioether (sulfide) groups is 1. The Balaban J connectivity index is 2.16. The first-order chi connectivity index (χ1) is 10.2. The number of rotatable bonds is 7. The van der Waals surface area contributed by atoms with Crippen LogP contribution < -0.4 is 14.8 Å². The molecular formula is C14H18N4O2S. The highest BCUT2D eigenvalue weighted by molar-refractivity contribution is 7.98. The molecule has 7 heteroatoms. The van der Waals surface area contributed by atoms with Gasteiger partial charge in [0, 0.05) is 11.9 Å². The van der Waals surface area contributed by atoms with E-state index in [0.717, 1.165) is 6.42 Å². The molecule has 0 spiro atoms. The Morgan fingerprint density at radius 1 is 1.10 bits per heavy atom. The number of ether oxygens (including phenoxy) is 2. The van der Waals surface area contributed by atoms with Crippen molar-refractivity contribution in [1.82, 2.24) is 15.0 Å². The summed E-state index contributed by atoms with van der Waals surface area (Å²) in [6.45, 7) is 2.57. The summed E-state index contributed by atoms with van der Waals surface area (Å²) in [5.41, 5.74) is 0. The van der Waals surface area contributed by atoms with Gasteiger partial charge >= 0.3 is 12.0 Å². The second-order valence-corrected chi connectivity index (χ2v) is 4.98. The average Bonchev–Trinajstić information content (AvgIpc) is 2.53. The van der Waals surface area contributed by atoms with Gasteiger partial charge in [0.1, 0.15) is 5.75 Å². The quantitative estimate of drug-likeness (QED) is 0.788. The van der Waals surface area contributed by atoms with Crippen molar-refractivity contribution >= 4 is 17.7 Å². The van der Waals surface area contributed by atoms with Gasteiger partial charge in [-0.25, -0.2) is 0 Å². The van der Waals surface area contributed by atoms with E-state index in [1.807, 2.05) is 37.4 Å². The van der Waals surface area contributed by atoms with Gasteiger partial charge in [0.05, 0.1) is 6.61 Å². The molecule has 21 heavy (non-hydrogen) atoms. The van der Waals surface area contributed by atoms with Crippen LogP contribution in [0.25, 0.3) is 0 Å². The van der Waals surface area contributed by atoms with Crippen molar-refractivity contribution < 1.29 is 9.47 Å². The lowest BCUT2D eigenvalue weighted by molar-refractivity contribution is 0.285. The van der Waals surface area contributed by atoms with E-state index in [-0.39, 0.29) is 12.0 Å². The third-order valence-electron chi connectivity index (χ3n) is 2.52. The molecular weight excluding hydrogens is 288 g/mol. The van der Waals surface area contributed by atoms with Gasteiger partial charge in [0.15, 0.2) is 0 Å². The zero-order chi connectivity index (χ0) is 15.1. The van der Waals surface area contributed by atoms with E-state index < -0.39 is 0 Å². The largest absolute Gasteiger partial charge is 0.463 e. The second kappa shape index (κ2) is 7.68. The van der Waals surface area contributed by atoms with Crippen molar-refractivity contribution in [2.24, 2.45) is 0 Å². The molecule has 0 saturated carbocycles. The molecule has 1 aromatic carbocycles. The normalized spacial score (nSPS) is 10.2. The molecule has 0 atom stereocenters. The van der Waals surface area contributed by atoms with Crippen molar-refractivity contribution in [1.29, 1.82) is 0 Å². The van der Waals surface area contributed by atoms with Gasteiger partial charge in [0.2, 0.25) is 5.95 Å². The fourth-order valence-electron chi connectivity index (χ4n) is 1.50. The molecule has 1 aromatic heterocycles. The van der Waals surface area contributed by atoms with Crippen molar-refractivity contribution in [3.8, 4) is 17.8 Å². The maximum atomic E-state index is 5.65. The summed E-state index contributed by atoms with van der Waals surface area (Å²) < 4.78 is 11.1. The minimum absolute atomic E-state index is 0.206. The first-order valence-electron chi connectivity index (χ1n) is 6.63. The number of hydrogen-bond acceptors (Lipinski definition) is 7. The fourth-order valence-corrected chi connectivity index (χ4v) is 1.91. The molecule has 0 aliphatic heterocycles. The Morgan fingerprint density at radius 2 is 1.81 bits per heavy atom. The number of nitrogens with one attached hydrogen (secondary N) is 1. The van der Waals surface area contributed by atoms with Gasteiger partial charge in [-0.2, -0.15) is 9.97 Å². The van der Waals surface area contributed by atoms with Gasteiger partial charge in [0.25, 0.3) is 0 Å². The van der Waals surface area contributed by atoms with E-state index in [2.05, 4.69) is 20.3 Å². The maximum absolute atomic E-state index is 5.65. The molecule has 0 unspecified atom stereocenters. The molecule has 0 amide bonds. The molecule has 0 radical (unpaired) electrons. The summed E-state index contributed by atoms with van der Waals surface area (Å²) >= 11 is 1.67. The van der Waals surface area contributed by atoms with Crippen LogP contribution in [-0.4, -0.2) is 34.9 Å². The van der Waals surface area contributed by atoms with Crippen molar-refractivity contribution in [2.75, 3.05) is 25.2 Å². The van der Waals surface area contributed by atoms with E-state index in [1.165, 1.54) is 4.90 Å². The first-order valence-corrected chi connectivity index (χ1v) is 7.86. The predicted molar refractivity (Wildman–Crippen MR) is 83.5 cm³/mol. The molecule has 0 aliphatic rings. The minimum atomic E-state index is 0.206. The van der Waals surface area contributed by atoms with Gasteiger partial charge in [-0.3, -0.25) is 0 Å². The standard InChI is InChI=1S/C14H18N4O2S/c1-4-9-19-13-16-12(15-2)17-14(18-13)20-10-5-7-11(21-3)8-6-10/h5-8H,4,9H2,1-3H3,(H,15,16,17,18). The Bertz CT molecular complexity index is 578. The lowest BCUT2D eigenvalue weighted by Gasteiger charge is -2.08. The summed E-state index contributed by atoms with van der Waals surface area (Å²) in [4.78, 5) is 13.6. The van der Waals surface area contributed by atoms with Crippen LogP contribution in [0.15, 0.2) is 29.2 Å². The van der Waals surface area contributed by atoms with E-state index in [4.69, 9.17) is 9.47 Å². The highest BCUT2D eigenvalue weighted by atomic mass is 32.2. The summed E-state index contributed by atoms with van der Waals surface area (Å²) in [6, 6.07) is 8.18. The number of benzene rings is 1. The van der Waals surface area contributed by atoms with Crippen LogP contribution in [0, 0.1) is 0 Å². The van der Waals surface area contributed by atoms with Crippen LogP contribution in [0.4, 0.5) is 5.95 Å². The predicted octanol–water partition coefficient (Wildman–Crippen LogP) is 3.22. The summed E-state index contributed by atoms with van der Waals surface area (Å²) in [6.07, 6.45) is 2.91. The van der Waals surface area contributed by atoms with E-state index >= 15 is 0 Å². The van der Waals surface area contributed by atoms with Crippen molar-refractivity contribution in [3.63, 3.8) is 0 Å². The zero-order valence-corrected chi connectivity index (χ0v) is 13.1. The van der Waals surface area contributed by atoms with Crippen LogP contribution in [0.5, 0.6) is 17.8 Å². The lowest BCUT2D eigenvalue weighted by Crippen LogP contribution is -2.06. The molecule has 0 fully saturated rings. The average molecular weight is 306 g/mol. The highest BCUT2D eigenvalue weighted by Crippen LogP contribution is 2.23. The van der Waals surface area contributed by atoms with Crippen LogP contribution in [0.2, 0.25) is 0 Å². The maximum Gasteiger partial charge on any atom is 0.330 e. The SMILES string of the molecule is CCCOc1nc(NC)nc(Oc2ccc(SC)cc2)n1. The molecule has 1 N–H and O–H groups in total. The van der Waals surface area contributed by atoms with E-state index in [9.17, 15) is 0 Å². The third-order valence-corrected chi connectivity index (χ3v) is 3.27.